The van der Waals surface area contributed by atoms with Gasteiger partial charge in [0.05, 0.1) is 35.8 Å². The zero-order chi connectivity index (χ0) is 22.6. The second-order valence-corrected chi connectivity index (χ2v) is 8.52. The third kappa shape index (κ3) is 4.61. The molecular formula is C22H22N2O6S. The van der Waals surface area contributed by atoms with E-state index in [-0.39, 0.29) is 10.6 Å². The highest BCUT2D eigenvalue weighted by Gasteiger charge is 2.31. The smallest absolute Gasteiger partial charge is 0.269 e. The van der Waals surface area contributed by atoms with Gasteiger partial charge in [-0.2, -0.15) is 0 Å². The predicted octanol–water partition coefficient (Wildman–Crippen LogP) is 4.57. The zero-order valence-electron chi connectivity index (χ0n) is 17.3. The third-order valence-corrected chi connectivity index (χ3v) is 6.77. The fourth-order valence-electron chi connectivity index (χ4n) is 3.19. The topological polar surface area (TPSA) is 99.0 Å². The first-order valence-corrected chi connectivity index (χ1v) is 10.8. The van der Waals surface area contributed by atoms with E-state index in [1.54, 1.807) is 56.5 Å². The molecule has 0 aliphatic heterocycles. The molecule has 3 aromatic rings. The van der Waals surface area contributed by atoms with Crippen molar-refractivity contribution in [2.24, 2.45) is 0 Å². The van der Waals surface area contributed by atoms with Gasteiger partial charge in [-0.15, -0.1) is 0 Å². The number of methoxy groups -OCH3 is 2. The van der Waals surface area contributed by atoms with Crippen molar-refractivity contribution >= 4 is 21.4 Å². The molecular weight excluding hydrogens is 420 g/mol. The lowest BCUT2D eigenvalue weighted by atomic mass is 10.1. The molecule has 0 unspecified atom stereocenters. The summed E-state index contributed by atoms with van der Waals surface area (Å²) in [6, 6.07) is 18.0. The van der Waals surface area contributed by atoms with Crippen molar-refractivity contribution in [1.29, 1.82) is 0 Å². The molecule has 0 N–H and O–H groups in total. The summed E-state index contributed by atoms with van der Waals surface area (Å²) >= 11 is 0. The molecule has 0 heterocycles. The van der Waals surface area contributed by atoms with Crippen LogP contribution in [0.3, 0.4) is 0 Å². The van der Waals surface area contributed by atoms with Crippen LogP contribution in [0.5, 0.6) is 11.5 Å². The van der Waals surface area contributed by atoms with Crippen LogP contribution < -0.4 is 13.8 Å². The second kappa shape index (κ2) is 9.05. The molecule has 3 aromatic carbocycles. The van der Waals surface area contributed by atoms with Gasteiger partial charge in [0.15, 0.2) is 0 Å². The van der Waals surface area contributed by atoms with E-state index in [0.717, 1.165) is 5.56 Å². The minimum absolute atomic E-state index is 0.0522. The molecule has 0 aliphatic rings. The highest BCUT2D eigenvalue weighted by atomic mass is 32.2. The Labute approximate surface area is 180 Å². The quantitative estimate of drug-likeness (QED) is 0.374. The minimum atomic E-state index is -4.05. The fourth-order valence-corrected chi connectivity index (χ4v) is 4.83. The molecule has 0 saturated heterocycles. The fraction of sp³-hybridized carbons (Fsp3) is 0.182. The number of hydrogen-bond acceptors (Lipinski definition) is 6. The standard InChI is InChI=1S/C22H22N2O6S/c1-16(17-5-4-6-21(15-17)30-3)23(18-7-11-20(29-2)12-8-18)31(27,28)22-13-9-19(10-14-22)24(25)26/h4-16H,1-3H3/t16-/m1/s1. The number of nitro benzene ring substituents is 1. The Bertz CT molecular complexity index is 1160. The molecule has 9 heteroatoms. The van der Waals surface area contributed by atoms with Crippen LogP contribution in [0.4, 0.5) is 11.4 Å². The van der Waals surface area contributed by atoms with Gasteiger partial charge in [-0.05, 0) is 61.0 Å². The van der Waals surface area contributed by atoms with Gasteiger partial charge in [0.1, 0.15) is 11.5 Å². The molecule has 0 aromatic heterocycles. The Morgan fingerprint density at radius 2 is 1.52 bits per heavy atom. The van der Waals surface area contributed by atoms with E-state index < -0.39 is 21.0 Å². The normalized spacial score (nSPS) is 12.1. The zero-order valence-corrected chi connectivity index (χ0v) is 18.1. The van der Waals surface area contributed by atoms with Crippen LogP contribution in [-0.4, -0.2) is 27.6 Å². The van der Waals surface area contributed by atoms with Crippen LogP contribution in [0.25, 0.3) is 0 Å². The van der Waals surface area contributed by atoms with E-state index in [1.807, 2.05) is 6.07 Å². The van der Waals surface area contributed by atoms with Crippen LogP contribution in [0.1, 0.15) is 18.5 Å². The van der Waals surface area contributed by atoms with Crippen molar-refractivity contribution < 1.29 is 22.8 Å². The third-order valence-electron chi connectivity index (χ3n) is 4.86. The van der Waals surface area contributed by atoms with Crippen LogP contribution >= 0.6 is 0 Å². The van der Waals surface area contributed by atoms with Gasteiger partial charge in [-0.3, -0.25) is 14.4 Å². The van der Waals surface area contributed by atoms with Crippen LogP contribution in [-0.2, 0) is 10.0 Å². The van der Waals surface area contributed by atoms with Gasteiger partial charge in [-0.1, -0.05) is 12.1 Å². The van der Waals surface area contributed by atoms with Crippen molar-refractivity contribution in [1.82, 2.24) is 0 Å². The average molecular weight is 442 g/mol. The first kappa shape index (κ1) is 22.1. The Hall–Kier alpha value is -3.59. The number of rotatable bonds is 8. The van der Waals surface area contributed by atoms with Gasteiger partial charge < -0.3 is 9.47 Å². The second-order valence-electron chi connectivity index (χ2n) is 6.70. The van der Waals surface area contributed by atoms with Crippen molar-refractivity contribution in [3.63, 3.8) is 0 Å². The number of ether oxygens (including phenoxy) is 2. The van der Waals surface area contributed by atoms with Crippen molar-refractivity contribution in [3.8, 4) is 11.5 Å². The first-order valence-electron chi connectivity index (χ1n) is 9.35. The van der Waals surface area contributed by atoms with Gasteiger partial charge >= 0.3 is 0 Å². The number of anilines is 1. The Kier molecular flexibility index (Phi) is 6.45. The molecule has 3 rings (SSSR count). The molecule has 0 aliphatic carbocycles. The van der Waals surface area contributed by atoms with Gasteiger partial charge in [0.2, 0.25) is 0 Å². The molecule has 1 atom stereocenters. The van der Waals surface area contributed by atoms with E-state index in [4.69, 9.17) is 9.47 Å². The first-order chi connectivity index (χ1) is 14.8. The summed E-state index contributed by atoms with van der Waals surface area (Å²) in [6.07, 6.45) is 0. The lowest BCUT2D eigenvalue weighted by Gasteiger charge is -2.31. The Morgan fingerprint density at radius 1 is 0.903 bits per heavy atom. The summed E-state index contributed by atoms with van der Waals surface area (Å²) in [5.41, 5.74) is 0.964. The molecule has 0 fully saturated rings. The summed E-state index contributed by atoms with van der Waals surface area (Å²) in [6.45, 7) is 1.77. The van der Waals surface area contributed by atoms with E-state index >= 15 is 0 Å². The number of nitro groups is 1. The van der Waals surface area contributed by atoms with Gasteiger partial charge in [0, 0.05) is 12.1 Å². The summed E-state index contributed by atoms with van der Waals surface area (Å²) < 4.78 is 39.0. The van der Waals surface area contributed by atoms with E-state index in [9.17, 15) is 18.5 Å². The summed E-state index contributed by atoms with van der Waals surface area (Å²) in [5, 5.41) is 11.0. The van der Waals surface area contributed by atoms with E-state index in [2.05, 4.69) is 0 Å². The minimum Gasteiger partial charge on any atom is -0.497 e. The molecule has 0 radical (unpaired) electrons. The van der Waals surface area contributed by atoms with Crippen LogP contribution in [0, 0.1) is 10.1 Å². The maximum Gasteiger partial charge on any atom is 0.269 e. The molecule has 0 amide bonds. The maximum absolute atomic E-state index is 13.6. The molecule has 8 nitrogen and oxygen atoms in total. The highest BCUT2D eigenvalue weighted by molar-refractivity contribution is 7.92. The van der Waals surface area contributed by atoms with Crippen molar-refractivity contribution in [2.75, 3.05) is 18.5 Å². The van der Waals surface area contributed by atoms with Crippen molar-refractivity contribution in [3.05, 3.63) is 88.5 Å². The molecule has 162 valence electrons. The summed E-state index contributed by atoms with van der Waals surface area (Å²) in [5.74, 6) is 1.19. The monoisotopic (exact) mass is 442 g/mol. The average Bonchev–Trinajstić information content (AvgIpc) is 2.79. The molecule has 0 spiro atoms. The number of benzene rings is 3. The largest absolute Gasteiger partial charge is 0.497 e. The number of sulfonamides is 1. The molecule has 0 bridgehead atoms. The van der Waals surface area contributed by atoms with Crippen LogP contribution in [0.15, 0.2) is 77.7 Å². The van der Waals surface area contributed by atoms with Gasteiger partial charge in [0.25, 0.3) is 15.7 Å². The maximum atomic E-state index is 13.6. The van der Waals surface area contributed by atoms with Gasteiger partial charge in [-0.25, -0.2) is 8.42 Å². The highest BCUT2D eigenvalue weighted by Crippen LogP contribution is 2.35. The van der Waals surface area contributed by atoms with E-state index in [1.165, 1.54) is 35.7 Å². The Balaban J connectivity index is 2.12. The predicted molar refractivity (Wildman–Crippen MR) is 117 cm³/mol. The summed E-state index contributed by atoms with van der Waals surface area (Å²) in [7, 11) is -0.987. The number of nitrogens with zero attached hydrogens (tertiary/aromatic N) is 2. The Morgan fingerprint density at radius 3 is 2.06 bits per heavy atom. The number of hydrogen-bond donors (Lipinski definition) is 0. The van der Waals surface area contributed by atoms with Crippen LogP contribution in [0.2, 0.25) is 0 Å². The lowest BCUT2D eigenvalue weighted by Crippen LogP contribution is -2.33. The SMILES string of the molecule is COc1ccc(N([C@H](C)c2cccc(OC)c2)S(=O)(=O)c2ccc([N+](=O)[O-])cc2)cc1. The van der Waals surface area contributed by atoms with Crippen molar-refractivity contribution in [2.45, 2.75) is 17.9 Å². The molecule has 31 heavy (non-hydrogen) atoms. The van der Waals surface area contributed by atoms with E-state index in [0.29, 0.717) is 17.2 Å². The number of non-ortho nitro benzene ring substituents is 1. The molecule has 0 saturated carbocycles. The lowest BCUT2D eigenvalue weighted by molar-refractivity contribution is -0.384. The summed E-state index contributed by atoms with van der Waals surface area (Å²) in [4.78, 5) is 10.3.